The maximum absolute atomic E-state index is 10.3. The lowest BCUT2D eigenvalue weighted by Crippen LogP contribution is -2.02. The minimum absolute atomic E-state index is 0.207. The van der Waals surface area contributed by atoms with Crippen LogP contribution in [-0.2, 0) is 4.79 Å². The van der Waals surface area contributed by atoms with Gasteiger partial charge < -0.3 is 10.2 Å². The van der Waals surface area contributed by atoms with Gasteiger partial charge in [0.25, 0.3) is 0 Å². The van der Waals surface area contributed by atoms with Crippen LogP contribution in [0.5, 0.6) is 0 Å². The molecule has 0 amide bonds. The molecule has 84 valence electrons. The third kappa shape index (κ3) is 9.52. The molecule has 0 aromatic rings. The second-order valence-corrected chi connectivity index (χ2v) is 4.17. The summed E-state index contributed by atoms with van der Waals surface area (Å²) in [7, 11) is 0. The Labute approximate surface area is 86.1 Å². The van der Waals surface area contributed by atoms with Crippen LogP contribution in [0, 0.1) is 5.92 Å². The van der Waals surface area contributed by atoms with Crippen LogP contribution in [0.2, 0.25) is 0 Å². The molecule has 0 aromatic carbocycles. The molecular weight excluding hydrogens is 180 g/mol. The highest BCUT2D eigenvalue weighted by Crippen LogP contribution is 2.15. The topological polar surface area (TPSA) is 57.5 Å². The van der Waals surface area contributed by atoms with E-state index in [1.54, 1.807) is 6.92 Å². The van der Waals surface area contributed by atoms with Gasteiger partial charge in [-0.25, -0.2) is 0 Å². The van der Waals surface area contributed by atoms with E-state index < -0.39 is 5.97 Å². The number of rotatable bonds is 8. The molecule has 2 N–H and O–H groups in total. The summed E-state index contributed by atoms with van der Waals surface area (Å²) in [6.07, 6.45) is 4.79. The van der Waals surface area contributed by atoms with Crippen molar-refractivity contribution in [2.75, 3.05) is 0 Å². The molecule has 0 aliphatic heterocycles. The number of hydrogen-bond acceptors (Lipinski definition) is 2. The number of aliphatic hydroxyl groups excluding tert-OH is 1. The molecule has 0 bridgehead atoms. The normalized spacial score (nSPS) is 15.1. The van der Waals surface area contributed by atoms with Crippen LogP contribution in [0.3, 0.4) is 0 Å². The Morgan fingerprint density at radius 2 is 1.71 bits per heavy atom. The molecule has 3 nitrogen and oxygen atoms in total. The Morgan fingerprint density at radius 3 is 2.21 bits per heavy atom. The Hall–Kier alpha value is -0.570. The first-order valence-corrected chi connectivity index (χ1v) is 5.42. The Kier molecular flexibility index (Phi) is 7.48. The number of carboxylic acids is 1. The summed E-state index contributed by atoms with van der Waals surface area (Å²) in [5.41, 5.74) is 0. The minimum atomic E-state index is -0.707. The van der Waals surface area contributed by atoms with E-state index >= 15 is 0 Å². The predicted octanol–water partition coefficient (Wildman–Crippen LogP) is 2.43. The van der Waals surface area contributed by atoms with Crippen molar-refractivity contribution < 1.29 is 15.0 Å². The van der Waals surface area contributed by atoms with E-state index in [-0.39, 0.29) is 12.5 Å². The number of carbonyl (C=O) groups is 1. The van der Waals surface area contributed by atoms with E-state index in [2.05, 4.69) is 6.92 Å². The van der Waals surface area contributed by atoms with Gasteiger partial charge in [-0.1, -0.05) is 26.2 Å². The van der Waals surface area contributed by atoms with Gasteiger partial charge in [-0.15, -0.1) is 0 Å². The third-order valence-electron chi connectivity index (χ3n) is 2.41. The fraction of sp³-hybridized carbons (Fsp3) is 0.909. The van der Waals surface area contributed by atoms with Crippen molar-refractivity contribution in [3.63, 3.8) is 0 Å². The lowest BCUT2D eigenvalue weighted by Gasteiger charge is -2.10. The average molecular weight is 202 g/mol. The van der Waals surface area contributed by atoms with Gasteiger partial charge in [-0.05, 0) is 25.7 Å². The molecule has 2 unspecified atom stereocenters. The van der Waals surface area contributed by atoms with Crippen molar-refractivity contribution in [3.05, 3.63) is 0 Å². The quantitative estimate of drug-likeness (QED) is 0.635. The molecule has 0 saturated carbocycles. The molecule has 0 rings (SSSR count). The molecule has 0 radical (unpaired) electrons. The average Bonchev–Trinajstić information content (AvgIpc) is 2.02. The first kappa shape index (κ1) is 13.4. The van der Waals surface area contributed by atoms with Crippen LogP contribution >= 0.6 is 0 Å². The summed E-state index contributed by atoms with van der Waals surface area (Å²) in [5.74, 6) is -0.130. The van der Waals surface area contributed by atoms with Crippen molar-refractivity contribution in [1.29, 1.82) is 0 Å². The molecular formula is C11H22O3. The second kappa shape index (κ2) is 7.80. The van der Waals surface area contributed by atoms with Gasteiger partial charge in [-0.3, -0.25) is 4.79 Å². The monoisotopic (exact) mass is 202 g/mol. The van der Waals surface area contributed by atoms with Crippen molar-refractivity contribution in [2.24, 2.45) is 5.92 Å². The highest BCUT2D eigenvalue weighted by atomic mass is 16.4. The molecule has 0 aromatic heterocycles. The largest absolute Gasteiger partial charge is 0.481 e. The molecule has 0 saturated heterocycles. The predicted molar refractivity (Wildman–Crippen MR) is 56.2 cm³/mol. The Balaban J connectivity index is 3.27. The molecule has 0 fully saturated rings. The number of aliphatic carboxylic acids is 1. The lowest BCUT2D eigenvalue weighted by molar-refractivity contribution is -0.137. The van der Waals surface area contributed by atoms with Crippen LogP contribution in [0.1, 0.15) is 52.4 Å². The molecule has 3 heteroatoms. The van der Waals surface area contributed by atoms with Gasteiger partial charge in [0, 0.05) is 6.42 Å². The maximum Gasteiger partial charge on any atom is 0.303 e. The number of aliphatic hydroxyl groups is 1. The van der Waals surface area contributed by atoms with Crippen LogP contribution in [0.4, 0.5) is 0 Å². The SMILES string of the molecule is CC(O)CCCC(C)CCCC(=O)O. The summed E-state index contributed by atoms with van der Waals surface area (Å²) >= 11 is 0. The summed E-state index contributed by atoms with van der Waals surface area (Å²) in [6, 6.07) is 0. The lowest BCUT2D eigenvalue weighted by atomic mass is 9.97. The van der Waals surface area contributed by atoms with Gasteiger partial charge in [0.15, 0.2) is 0 Å². The van der Waals surface area contributed by atoms with Gasteiger partial charge in [0.1, 0.15) is 0 Å². The zero-order valence-corrected chi connectivity index (χ0v) is 9.20. The second-order valence-electron chi connectivity index (χ2n) is 4.17. The molecule has 2 atom stereocenters. The highest BCUT2D eigenvalue weighted by Gasteiger charge is 2.05. The zero-order chi connectivity index (χ0) is 11.0. The van der Waals surface area contributed by atoms with Gasteiger partial charge in [0.05, 0.1) is 6.10 Å². The fourth-order valence-electron chi connectivity index (χ4n) is 1.51. The molecule has 0 heterocycles. The van der Waals surface area contributed by atoms with E-state index in [4.69, 9.17) is 10.2 Å². The summed E-state index contributed by atoms with van der Waals surface area (Å²) in [4.78, 5) is 10.3. The van der Waals surface area contributed by atoms with Gasteiger partial charge in [-0.2, -0.15) is 0 Å². The third-order valence-corrected chi connectivity index (χ3v) is 2.41. The van der Waals surface area contributed by atoms with Crippen LogP contribution in [0.25, 0.3) is 0 Å². The summed E-state index contributed by atoms with van der Waals surface area (Å²) in [6.45, 7) is 3.94. The molecule has 0 aliphatic carbocycles. The van der Waals surface area contributed by atoms with Crippen molar-refractivity contribution in [3.8, 4) is 0 Å². The van der Waals surface area contributed by atoms with E-state index in [0.29, 0.717) is 5.92 Å². The number of carboxylic acid groups (broad SMARTS) is 1. The van der Waals surface area contributed by atoms with Crippen LogP contribution < -0.4 is 0 Å². The smallest absolute Gasteiger partial charge is 0.303 e. The summed E-state index contributed by atoms with van der Waals surface area (Å²) < 4.78 is 0. The van der Waals surface area contributed by atoms with Crippen LogP contribution in [0.15, 0.2) is 0 Å². The minimum Gasteiger partial charge on any atom is -0.481 e. The Morgan fingerprint density at radius 1 is 1.14 bits per heavy atom. The van der Waals surface area contributed by atoms with E-state index in [9.17, 15) is 4.79 Å². The van der Waals surface area contributed by atoms with E-state index in [1.165, 1.54) is 0 Å². The van der Waals surface area contributed by atoms with E-state index in [1.807, 2.05) is 0 Å². The standard InChI is InChI=1S/C11H22O3/c1-9(5-3-7-10(2)12)6-4-8-11(13)14/h9-10,12H,3-8H2,1-2H3,(H,13,14). The van der Waals surface area contributed by atoms with Crippen molar-refractivity contribution >= 4 is 5.97 Å². The fourth-order valence-corrected chi connectivity index (χ4v) is 1.51. The molecule has 14 heavy (non-hydrogen) atoms. The zero-order valence-electron chi connectivity index (χ0n) is 9.20. The maximum atomic E-state index is 10.3. The summed E-state index contributed by atoms with van der Waals surface area (Å²) in [5, 5.41) is 17.5. The van der Waals surface area contributed by atoms with Crippen molar-refractivity contribution in [1.82, 2.24) is 0 Å². The molecule has 0 aliphatic rings. The van der Waals surface area contributed by atoms with Crippen molar-refractivity contribution in [2.45, 2.75) is 58.5 Å². The van der Waals surface area contributed by atoms with Crippen LogP contribution in [-0.4, -0.2) is 22.3 Å². The first-order valence-electron chi connectivity index (χ1n) is 5.42. The van der Waals surface area contributed by atoms with Gasteiger partial charge in [0.2, 0.25) is 0 Å². The Bertz CT molecular complexity index is 155. The molecule has 0 spiro atoms. The van der Waals surface area contributed by atoms with Gasteiger partial charge >= 0.3 is 5.97 Å². The highest BCUT2D eigenvalue weighted by molar-refractivity contribution is 5.66. The first-order chi connectivity index (χ1) is 6.52. The van der Waals surface area contributed by atoms with E-state index in [0.717, 1.165) is 32.1 Å². The number of hydrogen-bond donors (Lipinski definition) is 2.